The van der Waals surface area contributed by atoms with Gasteiger partial charge >= 0.3 is 0 Å². The molecule has 0 aromatic heterocycles. The summed E-state index contributed by atoms with van der Waals surface area (Å²) in [7, 11) is 7.89. The second-order valence-electron chi connectivity index (χ2n) is 14.3. The number of carbonyl (C=O) groups is 4. The van der Waals surface area contributed by atoms with E-state index in [1.165, 1.54) is 0 Å². The SMILES string of the molecule is CN(C)[C@H]1C[C@@H](C(=O)Nc2ccc(/C=C/c3ccc(NC(=O)[C@@H]4C[C@H](N(C)C)CN4C(=O)[C@H]4CCCO4)cc3)cc2)N(C(=O)[C@H]2CCCO2)C1. The lowest BCUT2D eigenvalue weighted by Crippen LogP contribution is -2.47. The zero-order chi connectivity index (χ0) is 35.4. The van der Waals surface area contributed by atoms with E-state index in [4.69, 9.17) is 9.47 Å². The van der Waals surface area contributed by atoms with Crippen LogP contribution in [0, 0.1) is 0 Å². The fourth-order valence-corrected chi connectivity index (χ4v) is 7.27. The normalized spacial score (nSPS) is 26.8. The van der Waals surface area contributed by atoms with Crippen LogP contribution < -0.4 is 10.6 Å². The van der Waals surface area contributed by atoms with E-state index < -0.39 is 24.3 Å². The van der Waals surface area contributed by atoms with E-state index in [1.54, 1.807) is 9.80 Å². The lowest BCUT2D eigenvalue weighted by molar-refractivity contribution is -0.145. The summed E-state index contributed by atoms with van der Waals surface area (Å²) in [5.74, 6) is -0.571. The molecule has 6 atom stereocenters. The van der Waals surface area contributed by atoms with Crippen molar-refractivity contribution in [1.82, 2.24) is 19.6 Å². The second-order valence-corrected chi connectivity index (χ2v) is 14.3. The van der Waals surface area contributed by atoms with Gasteiger partial charge in [0.25, 0.3) is 11.8 Å². The van der Waals surface area contributed by atoms with E-state index in [9.17, 15) is 19.2 Å². The van der Waals surface area contributed by atoms with Gasteiger partial charge in [-0.1, -0.05) is 36.4 Å². The number of amides is 4. The molecule has 0 radical (unpaired) electrons. The first-order valence-corrected chi connectivity index (χ1v) is 17.7. The van der Waals surface area contributed by atoms with Crippen LogP contribution in [0.15, 0.2) is 48.5 Å². The second kappa shape index (κ2) is 15.8. The number of hydrogen-bond donors (Lipinski definition) is 2. The Morgan fingerprint density at radius 3 is 1.34 bits per heavy atom. The van der Waals surface area contributed by atoms with Gasteiger partial charge in [-0.25, -0.2) is 0 Å². The van der Waals surface area contributed by atoms with Crippen LogP contribution in [-0.2, 0) is 28.7 Å². The van der Waals surface area contributed by atoms with Gasteiger partial charge in [-0.05, 0) is 102 Å². The number of nitrogens with zero attached hydrogens (tertiary/aromatic N) is 4. The number of rotatable bonds is 10. The standard InChI is InChI=1S/C38H50N6O6/c1-41(2)29-21-31(43(23-29)37(47)33-7-5-19-49-33)35(45)39-27-15-11-25(12-16-27)9-10-26-13-17-28(18-14-26)40-36(46)32-22-30(42(3)4)24-44(32)38(48)34-8-6-20-50-34/h9-18,29-34H,5-8,19-24H2,1-4H3,(H,39,45)(H,40,46)/b10-9+/t29-,30-,31-,32-,33+,34+/m0/s1. The molecule has 4 amide bonds. The van der Waals surface area contributed by atoms with Gasteiger partial charge < -0.3 is 39.7 Å². The molecule has 4 fully saturated rings. The lowest BCUT2D eigenvalue weighted by atomic mass is 10.1. The molecular formula is C38H50N6O6. The summed E-state index contributed by atoms with van der Waals surface area (Å²) in [4.78, 5) is 60.7. The van der Waals surface area contributed by atoms with Crippen LogP contribution in [0.3, 0.4) is 0 Å². The molecule has 0 saturated carbocycles. The number of ether oxygens (including phenoxy) is 2. The average molecular weight is 687 g/mol. The molecule has 4 heterocycles. The number of likely N-dealkylation sites (tertiary alicyclic amines) is 2. The third kappa shape index (κ3) is 8.26. The Labute approximate surface area is 294 Å². The Balaban J connectivity index is 1.03. The zero-order valence-corrected chi connectivity index (χ0v) is 29.5. The Bertz CT molecular complexity index is 1430. The molecule has 6 rings (SSSR count). The van der Waals surface area contributed by atoms with Gasteiger partial charge in [-0.3, -0.25) is 19.2 Å². The first-order valence-electron chi connectivity index (χ1n) is 17.7. The van der Waals surface area contributed by atoms with Gasteiger partial charge in [0.15, 0.2) is 0 Å². The summed E-state index contributed by atoms with van der Waals surface area (Å²) in [6, 6.07) is 14.3. The summed E-state index contributed by atoms with van der Waals surface area (Å²) in [5.41, 5.74) is 3.24. The first-order chi connectivity index (χ1) is 24.1. The number of hydrogen-bond acceptors (Lipinski definition) is 8. The van der Waals surface area contributed by atoms with E-state index in [0.717, 1.165) is 24.0 Å². The molecule has 2 aromatic rings. The summed E-state index contributed by atoms with van der Waals surface area (Å²) in [6.45, 7) is 2.18. The van der Waals surface area contributed by atoms with Crippen LogP contribution in [0.25, 0.3) is 12.2 Å². The number of benzene rings is 2. The Morgan fingerprint density at radius 2 is 1.02 bits per heavy atom. The van der Waals surface area contributed by atoms with E-state index in [2.05, 4.69) is 20.4 Å². The number of nitrogens with one attached hydrogen (secondary N) is 2. The highest BCUT2D eigenvalue weighted by molar-refractivity contribution is 5.99. The highest BCUT2D eigenvalue weighted by Crippen LogP contribution is 2.28. The maximum Gasteiger partial charge on any atom is 0.252 e. The molecule has 2 aromatic carbocycles. The molecule has 268 valence electrons. The van der Waals surface area contributed by atoms with Crippen molar-refractivity contribution in [2.45, 2.75) is 74.9 Å². The van der Waals surface area contributed by atoms with Crippen molar-refractivity contribution in [1.29, 1.82) is 0 Å². The minimum Gasteiger partial charge on any atom is -0.368 e. The fraction of sp³-hybridized carbons (Fsp3) is 0.526. The highest BCUT2D eigenvalue weighted by Gasteiger charge is 2.44. The van der Waals surface area contributed by atoms with Crippen LogP contribution >= 0.6 is 0 Å². The van der Waals surface area contributed by atoms with Crippen molar-refractivity contribution < 1.29 is 28.7 Å². The molecule has 12 heteroatoms. The van der Waals surface area contributed by atoms with Crippen molar-refractivity contribution >= 4 is 47.2 Å². The largest absolute Gasteiger partial charge is 0.368 e. The summed E-state index contributed by atoms with van der Waals surface area (Å²) >= 11 is 0. The predicted molar refractivity (Wildman–Crippen MR) is 192 cm³/mol. The van der Waals surface area contributed by atoms with Crippen molar-refractivity contribution in [3.8, 4) is 0 Å². The minimum absolute atomic E-state index is 0.0944. The van der Waals surface area contributed by atoms with Gasteiger partial charge in [0.2, 0.25) is 11.8 Å². The summed E-state index contributed by atoms with van der Waals surface area (Å²) in [5, 5.41) is 6.02. The zero-order valence-electron chi connectivity index (χ0n) is 29.5. The van der Waals surface area contributed by atoms with E-state index >= 15 is 0 Å². The minimum atomic E-state index is -0.549. The van der Waals surface area contributed by atoms with Gasteiger partial charge in [0, 0.05) is 49.8 Å². The van der Waals surface area contributed by atoms with Crippen LogP contribution in [-0.4, -0.2) is 134 Å². The van der Waals surface area contributed by atoms with Gasteiger partial charge in [-0.15, -0.1) is 0 Å². The third-order valence-electron chi connectivity index (χ3n) is 10.4. The molecule has 0 bridgehead atoms. The van der Waals surface area contributed by atoms with E-state index in [1.807, 2.05) is 88.9 Å². The topological polar surface area (TPSA) is 124 Å². The maximum absolute atomic E-state index is 13.4. The smallest absolute Gasteiger partial charge is 0.252 e. The molecule has 0 aliphatic carbocycles. The van der Waals surface area contributed by atoms with Gasteiger partial charge in [0.1, 0.15) is 24.3 Å². The lowest BCUT2D eigenvalue weighted by Gasteiger charge is -2.26. The van der Waals surface area contributed by atoms with Crippen molar-refractivity contribution in [3.05, 3.63) is 59.7 Å². The van der Waals surface area contributed by atoms with Gasteiger partial charge in [-0.2, -0.15) is 0 Å². The molecule has 4 aliphatic rings. The Hall–Kier alpha value is -4.10. The molecular weight excluding hydrogens is 636 g/mol. The maximum atomic E-state index is 13.4. The monoisotopic (exact) mass is 686 g/mol. The van der Waals surface area contributed by atoms with Crippen LogP contribution in [0.4, 0.5) is 11.4 Å². The molecule has 4 aliphatic heterocycles. The summed E-state index contributed by atoms with van der Waals surface area (Å²) in [6.07, 6.45) is 7.31. The number of carbonyl (C=O) groups excluding carboxylic acids is 4. The third-order valence-corrected chi connectivity index (χ3v) is 10.4. The van der Waals surface area contributed by atoms with Crippen LogP contribution in [0.1, 0.15) is 49.7 Å². The predicted octanol–water partition coefficient (Wildman–Crippen LogP) is 3.15. The Morgan fingerprint density at radius 1 is 0.640 bits per heavy atom. The molecule has 2 N–H and O–H groups in total. The molecule has 0 spiro atoms. The molecule has 0 unspecified atom stereocenters. The van der Waals surface area contributed by atoms with Gasteiger partial charge in [0.05, 0.1) is 0 Å². The van der Waals surface area contributed by atoms with Crippen molar-refractivity contribution in [3.63, 3.8) is 0 Å². The summed E-state index contributed by atoms with van der Waals surface area (Å²) < 4.78 is 11.3. The van der Waals surface area contributed by atoms with E-state index in [-0.39, 0.29) is 35.7 Å². The van der Waals surface area contributed by atoms with Crippen LogP contribution in [0.2, 0.25) is 0 Å². The molecule has 50 heavy (non-hydrogen) atoms. The Kier molecular flexibility index (Phi) is 11.3. The highest BCUT2D eigenvalue weighted by atomic mass is 16.5. The average Bonchev–Trinajstić information content (AvgIpc) is 3.95. The van der Waals surface area contributed by atoms with Crippen molar-refractivity contribution in [2.24, 2.45) is 0 Å². The van der Waals surface area contributed by atoms with Crippen LogP contribution in [0.5, 0.6) is 0 Å². The first kappa shape index (κ1) is 35.7. The van der Waals surface area contributed by atoms with Crippen molar-refractivity contribution in [2.75, 3.05) is 65.1 Å². The number of anilines is 2. The van der Waals surface area contributed by atoms with E-state index in [0.29, 0.717) is 63.4 Å². The fourth-order valence-electron chi connectivity index (χ4n) is 7.27. The number of likely N-dealkylation sites (N-methyl/N-ethyl adjacent to an activating group) is 2. The molecule has 12 nitrogen and oxygen atoms in total. The molecule has 4 saturated heterocycles. The quantitative estimate of drug-likeness (QED) is 0.366.